The van der Waals surface area contributed by atoms with Gasteiger partial charge in [0.25, 0.3) is 0 Å². The van der Waals surface area contributed by atoms with Gasteiger partial charge in [-0.25, -0.2) is 4.39 Å². The van der Waals surface area contributed by atoms with Crippen molar-refractivity contribution < 1.29 is 9.13 Å². The monoisotopic (exact) mass is 252 g/mol. The van der Waals surface area contributed by atoms with Gasteiger partial charge in [-0.05, 0) is 49.5 Å². The molecule has 18 heavy (non-hydrogen) atoms. The van der Waals surface area contributed by atoms with Crippen LogP contribution in [0, 0.1) is 0 Å². The van der Waals surface area contributed by atoms with E-state index in [1.165, 1.54) is 5.56 Å². The first-order valence-electron chi connectivity index (χ1n) is 6.46. The minimum absolute atomic E-state index is 0.250. The van der Waals surface area contributed by atoms with E-state index >= 15 is 0 Å². The van der Waals surface area contributed by atoms with Crippen LogP contribution in [-0.2, 0) is 0 Å². The molecule has 1 aromatic carbocycles. The number of nitrogens with zero attached hydrogens (tertiary/aromatic N) is 1. The van der Waals surface area contributed by atoms with Gasteiger partial charge in [0.15, 0.2) is 0 Å². The smallest absolute Gasteiger partial charge is 0.142 e. The molecule has 0 saturated carbocycles. The van der Waals surface area contributed by atoms with Gasteiger partial charge >= 0.3 is 0 Å². The summed E-state index contributed by atoms with van der Waals surface area (Å²) in [5.41, 5.74) is 7.77. The molecule has 0 aliphatic carbocycles. The number of piperidine rings is 1. The van der Waals surface area contributed by atoms with Crippen molar-refractivity contribution in [2.45, 2.75) is 18.8 Å². The van der Waals surface area contributed by atoms with Crippen molar-refractivity contribution in [3.63, 3.8) is 0 Å². The van der Waals surface area contributed by atoms with Gasteiger partial charge in [-0.2, -0.15) is 0 Å². The molecule has 2 N–H and O–H groups in total. The molecule has 1 aromatic rings. The molecule has 100 valence electrons. The highest BCUT2D eigenvalue weighted by Crippen LogP contribution is 2.32. The van der Waals surface area contributed by atoms with Crippen molar-refractivity contribution in [3.8, 4) is 5.75 Å². The Morgan fingerprint density at radius 2 is 2.11 bits per heavy atom. The quantitative estimate of drug-likeness (QED) is 0.836. The highest BCUT2D eigenvalue weighted by Gasteiger charge is 2.20. The molecule has 4 heteroatoms. The summed E-state index contributed by atoms with van der Waals surface area (Å²) in [6.07, 6.45) is 2.15. The second-order valence-corrected chi connectivity index (χ2v) is 4.81. The van der Waals surface area contributed by atoms with Crippen LogP contribution in [0.15, 0.2) is 18.2 Å². The summed E-state index contributed by atoms with van der Waals surface area (Å²) in [6.45, 7) is 2.26. The van der Waals surface area contributed by atoms with Gasteiger partial charge in [0.2, 0.25) is 0 Å². The van der Waals surface area contributed by atoms with Gasteiger partial charge in [0.05, 0.1) is 12.8 Å². The average Bonchev–Trinajstić information content (AvgIpc) is 2.41. The summed E-state index contributed by atoms with van der Waals surface area (Å²) in [7, 11) is 1.64. The Hall–Kier alpha value is -1.29. The lowest BCUT2D eigenvalue weighted by molar-refractivity contribution is 0.197. The molecule has 0 amide bonds. The molecule has 0 radical (unpaired) electrons. The van der Waals surface area contributed by atoms with Gasteiger partial charge in [-0.3, -0.25) is 0 Å². The summed E-state index contributed by atoms with van der Waals surface area (Å²) >= 11 is 0. The van der Waals surface area contributed by atoms with Crippen LogP contribution < -0.4 is 10.5 Å². The highest BCUT2D eigenvalue weighted by atomic mass is 19.1. The lowest BCUT2D eigenvalue weighted by atomic mass is 9.89. The largest absolute Gasteiger partial charge is 0.495 e. The molecule has 0 unspecified atom stereocenters. The standard InChI is InChI=1S/C14H21FN2O/c1-18-14-10-12(2-3-13(14)16)11-4-7-17(8-5-11)9-6-15/h2-3,10-11H,4-9,16H2,1H3. The first-order valence-corrected chi connectivity index (χ1v) is 6.46. The number of hydrogen-bond acceptors (Lipinski definition) is 3. The van der Waals surface area contributed by atoms with Crippen molar-refractivity contribution in [1.82, 2.24) is 4.90 Å². The van der Waals surface area contributed by atoms with E-state index in [1.54, 1.807) is 7.11 Å². The molecule has 1 saturated heterocycles. The van der Waals surface area contributed by atoms with Crippen LogP contribution in [0.3, 0.4) is 0 Å². The summed E-state index contributed by atoms with van der Waals surface area (Å²) in [4.78, 5) is 2.19. The first kappa shape index (κ1) is 13.1. The SMILES string of the molecule is COc1cc(C2CCN(CCF)CC2)ccc1N. The number of likely N-dealkylation sites (tertiary alicyclic amines) is 1. The van der Waals surface area contributed by atoms with Crippen LogP contribution in [0.1, 0.15) is 24.3 Å². The van der Waals surface area contributed by atoms with Crippen molar-refractivity contribution in [1.29, 1.82) is 0 Å². The summed E-state index contributed by atoms with van der Waals surface area (Å²) in [5.74, 6) is 1.29. The molecule has 1 aliphatic rings. The van der Waals surface area contributed by atoms with Crippen molar-refractivity contribution in [2.75, 3.05) is 39.2 Å². The number of alkyl halides is 1. The van der Waals surface area contributed by atoms with Crippen LogP contribution in [0.25, 0.3) is 0 Å². The Labute approximate surface area is 108 Å². The number of rotatable bonds is 4. The van der Waals surface area contributed by atoms with Crippen LogP contribution in [0.2, 0.25) is 0 Å². The maximum absolute atomic E-state index is 12.3. The van der Waals surface area contributed by atoms with E-state index in [0.717, 1.165) is 31.7 Å². The van der Waals surface area contributed by atoms with Crippen molar-refractivity contribution in [2.24, 2.45) is 0 Å². The third-order valence-corrected chi connectivity index (χ3v) is 3.72. The molecule has 1 aliphatic heterocycles. The minimum atomic E-state index is -0.250. The highest BCUT2D eigenvalue weighted by molar-refractivity contribution is 5.54. The van der Waals surface area contributed by atoms with E-state index in [-0.39, 0.29) is 6.67 Å². The van der Waals surface area contributed by atoms with Crippen LogP contribution in [0.5, 0.6) is 5.75 Å². The maximum atomic E-state index is 12.3. The predicted molar refractivity (Wildman–Crippen MR) is 71.8 cm³/mol. The van der Waals surface area contributed by atoms with Gasteiger partial charge in [0, 0.05) is 6.54 Å². The number of nitrogen functional groups attached to an aromatic ring is 1. The fraction of sp³-hybridized carbons (Fsp3) is 0.571. The number of benzene rings is 1. The molecule has 0 atom stereocenters. The van der Waals surface area contributed by atoms with E-state index < -0.39 is 0 Å². The van der Waals surface area contributed by atoms with Crippen molar-refractivity contribution in [3.05, 3.63) is 23.8 Å². The summed E-state index contributed by atoms with van der Waals surface area (Å²) in [6, 6.07) is 6.01. The molecule has 2 rings (SSSR count). The Balaban J connectivity index is 2.01. The topological polar surface area (TPSA) is 38.5 Å². The number of halogens is 1. The fourth-order valence-corrected chi connectivity index (χ4v) is 2.59. The molecular formula is C14H21FN2O. The molecule has 0 spiro atoms. The zero-order chi connectivity index (χ0) is 13.0. The second-order valence-electron chi connectivity index (χ2n) is 4.81. The molecule has 0 bridgehead atoms. The third-order valence-electron chi connectivity index (χ3n) is 3.72. The Kier molecular flexibility index (Phi) is 4.42. The number of nitrogens with two attached hydrogens (primary N) is 1. The van der Waals surface area contributed by atoms with E-state index in [1.807, 2.05) is 12.1 Å². The third kappa shape index (κ3) is 2.93. The Morgan fingerprint density at radius 1 is 1.39 bits per heavy atom. The predicted octanol–water partition coefficient (Wildman–Crippen LogP) is 2.43. The number of hydrogen-bond donors (Lipinski definition) is 1. The molecule has 1 heterocycles. The molecular weight excluding hydrogens is 231 g/mol. The van der Waals surface area contributed by atoms with Crippen LogP contribution in [-0.4, -0.2) is 38.3 Å². The lowest BCUT2D eigenvalue weighted by Gasteiger charge is -2.31. The Morgan fingerprint density at radius 3 is 2.72 bits per heavy atom. The maximum Gasteiger partial charge on any atom is 0.142 e. The zero-order valence-corrected chi connectivity index (χ0v) is 10.9. The van der Waals surface area contributed by atoms with E-state index in [2.05, 4.69) is 11.0 Å². The van der Waals surface area contributed by atoms with Gasteiger partial charge in [-0.1, -0.05) is 6.07 Å². The normalized spacial score (nSPS) is 17.9. The molecule has 3 nitrogen and oxygen atoms in total. The number of anilines is 1. The van der Waals surface area contributed by atoms with Crippen molar-refractivity contribution >= 4 is 5.69 Å². The molecule has 0 aromatic heterocycles. The minimum Gasteiger partial charge on any atom is -0.495 e. The summed E-state index contributed by atoms with van der Waals surface area (Å²) < 4.78 is 17.5. The van der Waals surface area contributed by atoms with Gasteiger partial charge < -0.3 is 15.4 Å². The summed E-state index contributed by atoms with van der Waals surface area (Å²) in [5, 5.41) is 0. The van der Waals surface area contributed by atoms with Gasteiger partial charge in [0.1, 0.15) is 12.4 Å². The zero-order valence-electron chi connectivity index (χ0n) is 10.9. The fourth-order valence-electron chi connectivity index (χ4n) is 2.59. The van der Waals surface area contributed by atoms with E-state index in [0.29, 0.717) is 18.2 Å². The first-order chi connectivity index (χ1) is 8.74. The second kappa shape index (κ2) is 6.05. The van der Waals surface area contributed by atoms with Gasteiger partial charge in [-0.15, -0.1) is 0 Å². The van der Waals surface area contributed by atoms with E-state index in [9.17, 15) is 4.39 Å². The lowest BCUT2D eigenvalue weighted by Crippen LogP contribution is -2.34. The molecule has 1 fully saturated rings. The van der Waals surface area contributed by atoms with Crippen LogP contribution >= 0.6 is 0 Å². The average molecular weight is 252 g/mol. The number of methoxy groups -OCH3 is 1. The van der Waals surface area contributed by atoms with Crippen LogP contribution in [0.4, 0.5) is 10.1 Å². The number of ether oxygens (including phenoxy) is 1. The van der Waals surface area contributed by atoms with E-state index in [4.69, 9.17) is 10.5 Å². The Bertz CT molecular complexity index is 389.